The summed E-state index contributed by atoms with van der Waals surface area (Å²) < 4.78 is 3.94. The van der Waals surface area contributed by atoms with Gasteiger partial charge in [0.25, 0.3) is 0 Å². The van der Waals surface area contributed by atoms with Crippen LogP contribution in [-0.4, -0.2) is 106 Å². The molecule has 3 saturated heterocycles. The first-order valence-corrected chi connectivity index (χ1v) is 12.9. The number of rotatable bonds is 6. The molecule has 0 unspecified atom stereocenters. The maximum Gasteiger partial charge on any atom is 0.239 e. The van der Waals surface area contributed by atoms with E-state index in [1.807, 2.05) is 28.5 Å². The second-order valence-electron chi connectivity index (χ2n) is 9.33. The Hall–Kier alpha value is -2.63. The number of carbonyl (C=O) groups excluding carboxylic acids is 2. The van der Waals surface area contributed by atoms with Crippen LogP contribution in [0.2, 0.25) is 0 Å². The molecule has 3 aliphatic heterocycles. The van der Waals surface area contributed by atoms with Crippen LogP contribution in [0, 0.1) is 0 Å². The van der Waals surface area contributed by atoms with Gasteiger partial charge in [0.15, 0.2) is 0 Å². The number of hydrogen-bond donors (Lipinski definition) is 1. The number of aromatic nitrogens is 3. The average Bonchev–Trinajstić information content (AvgIpc) is 3.52. The van der Waals surface area contributed by atoms with Crippen molar-refractivity contribution in [2.24, 2.45) is 0 Å². The van der Waals surface area contributed by atoms with Gasteiger partial charge >= 0.3 is 0 Å². The molecule has 11 heteroatoms. The van der Waals surface area contributed by atoms with E-state index >= 15 is 0 Å². The number of nitrogens with one attached hydrogen (secondary N) is 1. The fourth-order valence-corrected chi connectivity index (χ4v) is 5.90. The zero-order valence-electron chi connectivity index (χ0n) is 19.5. The van der Waals surface area contributed by atoms with Crippen molar-refractivity contribution in [2.75, 3.05) is 51.2 Å². The molecule has 0 radical (unpaired) electrons. The molecule has 2 aromatic heterocycles. The normalized spacial score (nSPS) is 26.3. The van der Waals surface area contributed by atoms with E-state index in [1.54, 1.807) is 6.20 Å². The van der Waals surface area contributed by atoms with E-state index in [0.717, 1.165) is 57.1 Å². The lowest BCUT2D eigenvalue weighted by Gasteiger charge is -2.36. The van der Waals surface area contributed by atoms with Gasteiger partial charge in [-0.3, -0.25) is 19.4 Å². The van der Waals surface area contributed by atoms with E-state index in [1.165, 1.54) is 11.5 Å². The molecule has 0 saturated carbocycles. The summed E-state index contributed by atoms with van der Waals surface area (Å²) in [7, 11) is 2.10. The maximum absolute atomic E-state index is 13.0. The van der Waals surface area contributed by atoms with E-state index in [-0.39, 0.29) is 29.9 Å². The summed E-state index contributed by atoms with van der Waals surface area (Å²) in [6.07, 6.45) is 3.99. The molecular weight excluding hydrogens is 452 g/mol. The lowest BCUT2D eigenvalue weighted by molar-refractivity contribution is -0.132. The van der Waals surface area contributed by atoms with Crippen LogP contribution >= 0.6 is 11.5 Å². The highest BCUT2D eigenvalue weighted by Crippen LogP contribution is 2.28. The van der Waals surface area contributed by atoms with Gasteiger partial charge in [-0.25, -0.2) is 4.98 Å². The minimum absolute atomic E-state index is 0.0806. The monoisotopic (exact) mass is 484 g/mol. The van der Waals surface area contributed by atoms with Gasteiger partial charge in [0.05, 0.1) is 5.69 Å². The number of likely N-dealkylation sites (tertiary alicyclic amines) is 1. The minimum Gasteiger partial charge on any atom is -0.353 e. The van der Waals surface area contributed by atoms with Crippen LogP contribution in [0.4, 0.5) is 5.82 Å². The number of likely N-dealkylation sites (N-methyl/N-ethyl adjacent to an activating group) is 1. The van der Waals surface area contributed by atoms with Gasteiger partial charge in [0.1, 0.15) is 11.9 Å². The molecule has 182 valence electrons. The molecule has 5 heterocycles. The molecule has 5 rings (SSSR count). The van der Waals surface area contributed by atoms with E-state index in [2.05, 4.69) is 41.6 Å². The van der Waals surface area contributed by atoms with E-state index in [4.69, 9.17) is 0 Å². The van der Waals surface area contributed by atoms with Gasteiger partial charge in [-0.05, 0) is 43.6 Å². The standard InChI is InChI=1S/C23H32N8O2S/c1-28-18(5-6-21(32)30-12-10-29(11-13-30)20-4-2-3-8-24-20)14-25-23(33)22-19(28)7-9-31(22)15-17-16-34-27-26-17/h2-4,8,16,18-19,22H,5-7,9-15H2,1H3,(H,25,33)/t18-,19+,22-/m0/s1. The number of nitrogens with zero attached hydrogens (tertiary/aromatic N) is 7. The van der Waals surface area contributed by atoms with Gasteiger partial charge in [-0.1, -0.05) is 10.6 Å². The smallest absolute Gasteiger partial charge is 0.239 e. The molecule has 2 aromatic rings. The Labute approximate surface area is 204 Å². The summed E-state index contributed by atoms with van der Waals surface area (Å²) >= 11 is 1.34. The topological polar surface area (TPSA) is 97.8 Å². The first kappa shape index (κ1) is 23.1. The fourth-order valence-electron chi connectivity index (χ4n) is 5.46. The molecule has 10 nitrogen and oxygen atoms in total. The SMILES string of the molecule is CN1[C@@H](CCC(=O)N2CCN(c3ccccn3)CC2)CNC(=O)[C@@H]2[C@H]1CCN2Cc1csnn1. The van der Waals surface area contributed by atoms with Crippen molar-refractivity contribution >= 4 is 29.2 Å². The summed E-state index contributed by atoms with van der Waals surface area (Å²) in [5, 5.41) is 9.23. The predicted molar refractivity (Wildman–Crippen MR) is 129 cm³/mol. The lowest BCUT2D eigenvalue weighted by atomic mass is 10.0. The Kier molecular flexibility index (Phi) is 7.02. The van der Waals surface area contributed by atoms with E-state index in [9.17, 15) is 9.59 Å². The fraction of sp³-hybridized carbons (Fsp3) is 0.609. The Morgan fingerprint density at radius 2 is 2.06 bits per heavy atom. The molecule has 3 fully saturated rings. The predicted octanol–water partition coefficient (Wildman–Crippen LogP) is 0.435. The van der Waals surface area contributed by atoms with Crippen molar-refractivity contribution in [1.82, 2.24) is 34.6 Å². The van der Waals surface area contributed by atoms with E-state index in [0.29, 0.717) is 19.5 Å². The van der Waals surface area contributed by atoms with Crippen LogP contribution in [0.5, 0.6) is 0 Å². The van der Waals surface area contributed by atoms with Crippen LogP contribution < -0.4 is 10.2 Å². The summed E-state index contributed by atoms with van der Waals surface area (Å²) in [6.45, 7) is 5.13. The van der Waals surface area contributed by atoms with Crippen LogP contribution in [0.3, 0.4) is 0 Å². The zero-order chi connectivity index (χ0) is 23.5. The number of fused-ring (bicyclic) bond motifs is 1. The minimum atomic E-state index is -0.188. The molecule has 0 bridgehead atoms. The Bertz CT molecular complexity index is 967. The van der Waals surface area contributed by atoms with Crippen molar-refractivity contribution < 1.29 is 9.59 Å². The van der Waals surface area contributed by atoms with Crippen molar-refractivity contribution in [2.45, 2.75) is 43.9 Å². The first-order valence-electron chi connectivity index (χ1n) is 12.0. The highest BCUT2D eigenvalue weighted by atomic mass is 32.1. The highest BCUT2D eigenvalue weighted by Gasteiger charge is 2.45. The van der Waals surface area contributed by atoms with Gasteiger partial charge < -0.3 is 15.1 Å². The number of anilines is 1. The van der Waals surface area contributed by atoms with Crippen molar-refractivity contribution in [1.29, 1.82) is 0 Å². The van der Waals surface area contributed by atoms with Crippen molar-refractivity contribution in [3.05, 3.63) is 35.5 Å². The molecule has 0 aliphatic carbocycles. The van der Waals surface area contributed by atoms with Crippen LogP contribution in [0.25, 0.3) is 0 Å². The quantitative estimate of drug-likeness (QED) is 0.631. The highest BCUT2D eigenvalue weighted by molar-refractivity contribution is 7.03. The third-order valence-corrected chi connectivity index (χ3v) is 7.97. The Morgan fingerprint density at radius 3 is 2.79 bits per heavy atom. The molecule has 2 amide bonds. The molecule has 1 N–H and O–H groups in total. The molecule has 34 heavy (non-hydrogen) atoms. The molecule has 3 atom stereocenters. The summed E-state index contributed by atoms with van der Waals surface area (Å²) in [5.41, 5.74) is 0.913. The number of pyridine rings is 1. The van der Waals surface area contributed by atoms with Crippen molar-refractivity contribution in [3.8, 4) is 0 Å². The van der Waals surface area contributed by atoms with Crippen LogP contribution in [-0.2, 0) is 16.1 Å². The molecule has 3 aliphatic rings. The summed E-state index contributed by atoms with van der Waals surface area (Å²) in [6, 6.07) is 6.03. The van der Waals surface area contributed by atoms with Crippen LogP contribution in [0.15, 0.2) is 29.8 Å². The van der Waals surface area contributed by atoms with E-state index < -0.39 is 0 Å². The first-order chi connectivity index (χ1) is 16.6. The Morgan fingerprint density at radius 1 is 1.21 bits per heavy atom. The second-order valence-corrected chi connectivity index (χ2v) is 9.94. The third kappa shape index (κ3) is 4.91. The largest absolute Gasteiger partial charge is 0.353 e. The van der Waals surface area contributed by atoms with Gasteiger partial charge in [-0.15, -0.1) is 5.10 Å². The number of amides is 2. The van der Waals surface area contributed by atoms with Gasteiger partial charge in [0, 0.05) is 75.9 Å². The molecular formula is C23H32N8O2S. The molecule has 0 spiro atoms. The number of carbonyl (C=O) groups is 2. The van der Waals surface area contributed by atoms with Gasteiger partial charge in [-0.2, -0.15) is 0 Å². The maximum atomic E-state index is 13.0. The van der Waals surface area contributed by atoms with Crippen LogP contribution in [0.1, 0.15) is 25.0 Å². The second kappa shape index (κ2) is 10.3. The average molecular weight is 485 g/mol. The third-order valence-electron chi connectivity index (χ3n) is 7.42. The van der Waals surface area contributed by atoms with Crippen molar-refractivity contribution in [3.63, 3.8) is 0 Å². The summed E-state index contributed by atoms with van der Waals surface area (Å²) in [4.78, 5) is 39.1. The number of hydrogen-bond acceptors (Lipinski definition) is 9. The molecule has 0 aromatic carbocycles. The zero-order valence-corrected chi connectivity index (χ0v) is 20.4. The number of piperazine rings is 1. The lowest BCUT2D eigenvalue weighted by Crippen LogP contribution is -2.50. The van der Waals surface area contributed by atoms with Gasteiger partial charge in [0.2, 0.25) is 11.8 Å². The Balaban J connectivity index is 1.13. The summed E-state index contributed by atoms with van der Waals surface area (Å²) in [5.74, 6) is 1.25.